The van der Waals surface area contributed by atoms with Gasteiger partial charge in [0, 0.05) is 17.8 Å². The summed E-state index contributed by atoms with van der Waals surface area (Å²) in [5.41, 5.74) is 3.32. The van der Waals surface area contributed by atoms with Gasteiger partial charge in [-0.15, -0.1) is 0 Å². The summed E-state index contributed by atoms with van der Waals surface area (Å²) >= 11 is 0. The van der Waals surface area contributed by atoms with Crippen LogP contribution in [-0.2, 0) is 0 Å². The lowest BCUT2D eigenvalue weighted by molar-refractivity contribution is 0.414. The molecule has 0 aliphatic carbocycles. The van der Waals surface area contributed by atoms with Crippen molar-refractivity contribution >= 4 is 5.65 Å². The maximum atomic E-state index is 5.42. The van der Waals surface area contributed by atoms with Crippen LogP contribution in [0.2, 0.25) is 0 Å². The van der Waals surface area contributed by atoms with Crippen molar-refractivity contribution in [1.82, 2.24) is 24.7 Å². The third kappa shape index (κ3) is 2.22. The van der Waals surface area contributed by atoms with Gasteiger partial charge in [-0.1, -0.05) is 5.16 Å². The van der Waals surface area contributed by atoms with Crippen molar-refractivity contribution in [3.63, 3.8) is 0 Å². The third-order valence-electron chi connectivity index (χ3n) is 3.61. The smallest absolute Gasteiger partial charge is 0.258 e. The highest BCUT2D eigenvalue weighted by atomic mass is 16.5. The Bertz CT molecular complexity index is 989. The molecule has 0 radical (unpaired) electrons. The summed E-state index contributed by atoms with van der Waals surface area (Å²) in [6.07, 6.45) is 3.38. The molecule has 3 aromatic heterocycles. The first kappa shape index (κ1) is 13.4. The molecular formula is C16H13N5O2. The highest BCUT2D eigenvalue weighted by molar-refractivity contribution is 5.63. The van der Waals surface area contributed by atoms with Crippen LogP contribution < -0.4 is 4.74 Å². The van der Waals surface area contributed by atoms with Gasteiger partial charge in [0.2, 0.25) is 5.82 Å². The topological polar surface area (TPSA) is 78.3 Å². The Morgan fingerprint density at radius 1 is 1.13 bits per heavy atom. The molecule has 4 aromatic rings. The van der Waals surface area contributed by atoms with Crippen LogP contribution >= 0.6 is 0 Å². The number of aromatic nitrogens is 5. The Balaban J connectivity index is 1.79. The first-order valence-corrected chi connectivity index (χ1v) is 7.04. The zero-order chi connectivity index (χ0) is 15.8. The van der Waals surface area contributed by atoms with E-state index in [0.29, 0.717) is 11.7 Å². The molecule has 0 aliphatic rings. The van der Waals surface area contributed by atoms with Crippen molar-refractivity contribution < 1.29 is 9.26 Å². The maximum Gasteiger partial charge on any atom is 0.258 e. The van der Waals surface area contributed by atoms with Crippen molar-refractivity contribution in [2.75, 3.05) is 7.11 Å². The highest BCUT2D eigenvalue weighted by Crippen LogP contribution is 2.27. The van der Waals surface area contributed by atoms with Gasteiger partial charge in [0.1, 0.15) is 11.4 Å². The van der Waals surface area contributed by atoms with E-state index in [1.54, 1.807) is 30.1 Å². The maximum absolute atomic E-state index is 5.42. The molecule has 0 saturated heterocycles. The number of hydrogen-bond acceptors (Lipinski definition) is 6. The van der Waals surface area contributed by atoms with E-state index in [9.17, 15) is 0 Å². The molecule has 0 fully saturated rings. The molecule has 0 unspecified atom stereocenters. The molecule has 3 heterocycles. The molecule has 0 N–H and O–H groups in total. The molecule has 0 spiro atoms. The average molecular weight is 307 g/mol. The van der Waals surface area contributed by atoms with E-state index < -0.39 is 0 Å². The van der Waals surface area contributed by atoms with Gasteiger partial charge in [-0.3, -0.25) is 0 Å². The molecule has 23 heavy (non-hydrogen) atoms. The van der Waals surface area contributed by atoms with E-state index in [2.05, 4.69) is 20.2 Å². The minimum atomic E-state index is 0.456. The van der Waals surface area contributed by atoms with Crippen molar-refractivity contribution in [3.05, 3.63) is 48.3 Å². The number of aryl methyl sites for hydroxylation is 1. The van der Waals surface area contributed by atoms with Crippen LogP contribution in [0.4, 0.5) is 0 Å². The van der Waals surface area contributed by atoms with E-state index in [-0.39, 0.29) is 0 Å². The normalized spacial score (nSPS) is 11.0. The summed E-state index contributed by atoms with van der Waals surface area (Å²) in [5, 5.41) is 8.30. The lowest BCUT2D eigenvalue weighted by Gasteiger charge is -2.03. The lowest BCUT2D eigenvalue weighted by Crippen LogP contribution is -1.96. The predicted octanol–water partition coefficient (Wildman–Crippen LogP) is 2.76. The Morgan fingerprint density at radius 2 is 2.04 bits per heavy atom. The number of ether oxygens (including phenoxy) is 1. The fourth-order valence-electron chi connectivity index (χ4n) is 2.44. The van der Waals surface area contributed by atoms with Gasteiger partial charge in [0.15, 0.2) is 5.65 Å². The quantitative estimate of drug-likeness (QED) is 0.579. The minimum absolute atomic E-state index is 0.456. The SMILES string of the molecule is COc1ccc(-c2nc(-c3ccnc4ccnn34)no2)c(C)c1. The van der Waals surface area contributed by atoms with Gasteiger partial charge < -0.3 is 9.26 Å². The summed E-state index contributed by atoms with van der Waals surface area (Å²) in [6.45, 7) is 1.97. The van der Waals surface area contributed by atoms with Crippen LogP contribution in [0.5, 0.6) is 5.75 Å². The second-order valence-electron chi connectivity index (χ2n) is 5.04. The largest absolute Gasteiger partial charge is 0.497 e. The van der Waals surface area contributed by atoms with E-state index >= 15 is 0 Å². The van der Waals surface area contributed by atoms with Crippen LogP contribution in [0, 0.1) is 6.92 Å². The molecule has 4 rings (SSSR count). The van der Waals surface area contributed by atoms with Crippen molar-refractivity contribution in [2.45, 2.75) is 6.92 Å². The van der Waals surface area contributed by atoms with Gasteiger partial charge in [0.05, 0.1) is 13.3 Å². The van der Waals surface area contributed by atoms with Gasteiger partial charge >= 0.3 is 0 Å². The van der Waals surface area contributed by atoms with E-state index in [4.69, 9.17) is 9.26 Å². The monoisotopic (exact) mass is 307 g/mol. The number of hydrogen-bond donors (Lipinski definition) is 0. The second-order valence-corrected chi connectivity index (χ2v) is 5.04. The van der Waals surface area contributed by atoms with Crippen LogP contribution in [0.25, 0.3) is 28.6 Å². The summed E-state index contributed by atoms with van der Waals surface area (Å²) in [4.78, 5) is 8.72. The van der Waals surface area contributed by atoms with E-state index in [1.807, 2.05) is 31.2 Å². The molecule has 0 atom stereocenters. The minimum Gasteiger partial charge on any atom is -0.497 e. The standard InChI is InChI=1S/C16H13N5O2/c1-10-9-11(22-2)3-4-12(10)16-19-15(20-23-16)13-5-7-17-14-6-8-18-21(13)14/h3-9H,1-2H3. The lowest BCUT2D eigenvalue weighted by atomic mass is 10.1. The zero-order valence-corrected chi connectivity index (χ0v) is 12.6. The average Bonchev–Trinajstić information content (AvgIpc) is 3.23. The van der Waals surface area contributed by atoms with Crippen LogP contribution in [-0.4, -0.2) is 31.8 Å². The third-order valence-corrected chi connectivity index (χ3v) is 3.61. The number of benzene rings is 1. The Labute approximate surface area is 131 Å². The molecule has 7 heteroatoms. The fraction of sp³-hybridized carbons (Fsp3) is 0.125. The van der Waals surface area contributed by atoms with Gasteiger partial charge in [-0.05, 0) is 36.8 Å². The number of methoxy groups -OCH3 is 1. The first-order chi connectivity index (χ1) is 11.3. The summed E-state index contributed by atoms with van der Waals surface area (Å²) in [6, 6.07) is 9.32. The summed E-state index contributed by atoms with van der Waals surface area (Å²) in [7, 11) is 1.64. The molecule has 0 bridgehead atoms. The van der Waals surface area contributed by atoms with Crippen molar-refractivity contribution in [3.8, 4) is 28.7 Å². The number of rotatable bonds is 3. The molecule has 0 aliphatic heterocycles. The predicted molar refractivity (Wildman–Crippen MR) is 83.0 cm³/mol. The van der Waals surface area contributed by atoms with Crippen LogP contribution in [0.3, 0.4) is 0 Å². The van der Waals surface area contributed by atoms with Gasteiger partial charge in [-0.2, -0.15) is 10.1 Å². The Morgan fingerprint density at radius 3 is 2.87 bits per heavy atom. The number of fused-ring (bicyclic) bond motifs is 1. The summed E-state index contributed by atoms with van der Waals surface area (Å²) in [5.74, 6) is 1.71. The fourth-order valence-corrected chi connectivity index (χ4v) is 2.44. The van der Waals surface area contributed by atoms with E-state index in [1.165, 1.54) is 0 Å². The van der Waals surface area contributed by atoms with Crippen molar-refractivity contribution in [2.24, 2.45) is 0 Å². The molecule has 0 saturated carbocycles. The zero-order valence-electron chi connectivity index (χ0n) is 12.6. The molecule has 0 amide bonds. The molecular weight excluding hydrogens is 294 g/mol. The molecule has 7 nitrogen and oxygen atoms in total. The first-order valence-electron chi connectivity index (χ1n) is 7.04. The second kappa shape index (κ2) is 5.20. The van der Waals surface area contributed by atoms with Gasteiger partial charge in [-0.25, -0.2) is 9.50 Å². The van der Waals surface area contributed by atoms with Crippen LogP contribution in [0.15, 0.2) is 47.2 Å². The number of nitrogens with zero attached hydrogens (tertiary/aromatic N) is 5. The Kier molecular flexibility index (Phi) is 3.04. The molecule has 114 valence electrons. The Hall–Kier alpha value is -3.22. The highest BCUT2D eigenvalue weighted by Gasteiger charge is 2.15. The van der Waals surface area contributed by atoms with Gasteiger partial charge in [0.25, 0.3) is 5.89 Å². The van der Waals surface area contributed by atoms with E-state index in [0.717, 1.165) is 28.2 Å². The summed E-state index contributed by atoms with van der Waals surface area (Å²) < 4.78 is 12.3. The molecule has 1 aromatic carbocycles. The van der Waals surface area contributed by atoms with Crippen molar-refractivity contribution in [1.29, 1.82) is 0 Å². The van der Waals surface area contributed by atoms with Crippen LogP contribution in [0.1, 0.15) is 5.56 Å².